The quantitative estimate of drug-likeness (QED) is 0.781. The van der Waals surface area contributed by atoms with Gasteiger partial charge in [0, 0.05) is 41.8 Å². The fourth-order valence-electron chi connectivity index (χ4n) is 1.98. The average molecular weight is 332 g/mol. The van der Waals surface area contributed by atoms with Crippen molar-refractivity contribution in [2.75, 3.05) is 18.5 Å². The highest BCUT2D eigenvalue weighted by atomic mass is 32.1. The van der Waals surface area contributed by atoms with E-state index in [-0.39, 0.29) is 18.2 Å². The Morgan fingerprint density at radius 2 is 2.04 bits per heavy atom. The van der Waals surface area contributed by atoms with E-state index in [1.54, 1.807) is 11.4 Å². The number of rotatable bonds is 8. The molecule has 23 heavy (non-hydrogen) atoms. The van der Waals surface area contributed by atoms with E-state index < -0.39 is 0 Å². The van der Waals surface area contributed by atoms with E-state index in [9.17, 15) is 9.59 Å². The maximum atomic E-state index is 12.0. The molecule has 2 rings (SSSR count). The molecule has 0 bridgehead atoms. The van der Waals surface area contributed by atoms with Crippen molar-refractivity contribution >= 4 is 28.8 Å². The fourth-order valence-corrected chi connectivity index (χ4v) is 2.61. The van der Waals surface area contributed by atoms with Gasteiger partial charge in [-0.25, -0.2) is 0 Å². The van der Waals surface area contributed by atoms with Crippen LogP contribution in [0.4, 0.5) is 5.69 Å². The van der Waals surface area contributed by atoms with E-state index in [1.807, 2.05) is 36.6 Å². The van der Waals surface area contributed by atoms with E-state index in [2.05, 4.69) is 10.6 Å². The van der Waals surface area contributed by atoms with Crippen molar-refractivity contribution in [3.05, 3.63) is 52.2 Å². The molecule has 2 amide bonds. The van der Waals surface area contributed by atoms with Gasteiger partial charge in [0.25, 0.3) is 5.91 Å². The van der Waals surface area contributed by atoms with Crippen molar-refractivity contribution in [2.45, 2.75) is 20.0 Å². The molecule has 2 aromatic rings. The smallest absolute Gasteiger partial charge is 0.252 e. The van der Waals surface area contributed by atoms with Gasteiger partial charge in [0.15, 0.2) is 0 Å². The van der Waals surface area contributed by atoms with Crippen LogP contribution in [0.2, 0.25) is 0 Å². The van der Waals surface area contributed by atoms with Crippen LogP contribution in [-0.4, -0.2) is 25.0 Å². The Morgan fingerprint density at radius 3 is 2.78 bits per heavy atom. The Morgan fingerprint density at radius 1 is 1.22 bits per heavy atom. The molecule has 0 aliphatic carbocycles. The topological polar surface area (TPSA) is 67.4 Å². The number of amides is 2. The van der Waals surface area contributed by atoms with Gasteiger partial charge in [-0.1, -0.05) is 18.2 Å². The molecule has 0 radical (unpaired) electrons. The molecule has 0 atom stereocenters. The molecule has 0 saturated carbocycles. The van der Waals surface area contributed by atoms with Gasteiger partial charge in [-0.2, -0.15) is 11.3 Å². The van der Waals surface area contributed by atoms with Gasteiger partial charge in [0.05, 0.1) is 6.61 Å². The van der Waals surface area contributed by atoms with Crippen molar-refractivity contribution < 1.29 is 14.3 Å². The third kappa shape index (κ3) is 5.50. The van der Waals surface area contributed by atoms with Gasteiger partial charge in [0.2, 0.25) is 5.91 Å². The standard InChI is InChI=1S/C17H20N2O3S/c1-2-22-11-13-5-3-4-6-15(13)19-16(20)7-9-18-17(21)14-8-10-23-12-14/h3-6,8,10,12H,2,7,9,11H2,1H3,(H,18,21)(H,19,20). The number of thiophene rings is 1. The molecule has 1 heterocycles. The minimum absolute atomic E-state index is 0.139. The van der Waals surface area contributed by atoms with Crippen molar-refractivity contribution in [3.63, 3.8) is 0 Å². The summed E-state index contributed by atoms with van der Waals surface area (Å²) in [5.74, 6) is -0.296. The highest BCUT2D eigenvalue weighted by Gasteiger charge is 2.09. The summed E-state index contributed by atoms with van der Waals surface area (Å²) in [7, 11) is 0. The molecule has 0 aliphatic heterocycles. The van der Waals surface area contributed by atoms with Crippen LogP contribution in [0.1, 0.15) is 29.3 Å². The third-order valence-electron chi connectivity index (χ3n) is 3.17. The lowest BCUT2D eigenvalue weighted by Gasteiger charge is -2.11. The summed E-state index contributed by atoms with van der Waals surface area (Å²) in [6.07, 6.45) is 0.221. The Labute approximate surface area is 139 Å². The van der Waals surface area contributed by atoms with Gasteiger partial charge >= 0.3 is 0 Å². The number of ether oxygens (including phenoxy) is 1. The molecule has 0 fully saturated rings. The SMILES string of the molecule is CCOCc1ccccc1NC(=O)CCNC(=O)c1ccsc1. The molecule has 5 nitrogen and oxygen atoms in total. The summed E-state index contributed by atoms with van der Waals surface area (Å²) in [5, 5.41) is 9.21. The average Bonchev–Trinajstić information content (AvgIpc) is 3.08. The number of carbonyl (C=O) groups is 2. The first kappa shape index (κ1) is 17.2. The van der Waals surface area contributed by atoms with E-state index in [0.29, 0.717) is 25.3 Å². The first-order valence-electron chi connectivity index (χ1n) is 7.46. The number of nitrogens with one attached hydrogen (secondary N) is 2. The number of hydrogen-bond donors (Lipinski definition) is 2. The van der Waals surface area contributed by atoms with Crippen LogP contribution in [0.3, 0.4) is 0 Å². The van der Waals surface area contributed by atoms with Gasteiger partial charge in [-0.05, 0) is 24.4 Å². The second-order valence-corrected chi connectivity index (χ2v) is 5.64. The van der Waals surface area contributed by atoms with Crippen LogP contribution in [0.15, 0.2) is 41.1 Å². The molecule has 1 aromatic carbocycles. The maximum Gasteiger partial charge on any atom is 0.252 e. The van der Waals surface area contributed by atoms with Crippen LogP contribution in [-0.2, 0) is 16.1 Å². The Balaban J connectivity index is 1.79. The number of benzene rings is 1. The molecule has 0 saturated heterocycles. The number of carbonyl (C=O) groups excluding carboxylic acids is 2. The van der Waals surface area contributed by atoms with Crippen molar-refractivity contribution in [1.29, 1.82) is 0 Å². The molecular formula is C17H20N2O3S. The summed E-state index contributed by atoms with van der Waals surface area (Å²) in [4.78, 5) is 23.8. The number of para-hydroxylation sites is 1. The highest BCUT2D eigenvalue weighted by Crippen LogP contribution is 2.16. The Kier molecular flexibility index (Phi) is 6.77. The first-order chi connectivity index (χ1) is 11.2. The van der Waals surface area contributed by atoms with Gasteiger partial charge < -0.3 is 15.4 Å². The van der Waals surface area contributed by atoms with Crippen LogP contribution in [0.5, 0.6) is 0 Å². The third-order valence-corrected chi connectivity index (χ3v) is 3.86. The lowest BCUT2D eigenvalue weighted by molar-refractivity contribution is -0.116. The van der Waals surface area contributed by atoms with E-state index in [1.165, 1.54) is 11.3 Å². The zero-order chi connectivity index (χ0) is 16.5. The number of anilines is 1. The molecule has 0 unspecified atom stereocenters. The van der Waals surface area contributed by atoms with Crippen molar-refractivity contribution in [3.8, 4) is 0 Å². The summed E-state index contributed by atoms with van der Waals surface area (Å²) < 4.78 is 5.39. The molecule has 122 valence electrons. The summed E-state index contributed by atoms with van der Waals surface area (Å²) in [6, 6.07) is 9.29. The lowest BCUT2D eigenvalue weighted by Crippen LogP contribution is -2.27. The van der Waals surface area contributed by atoms with Crippen molar-refractivity contribution in [2.24, 2.45) is 0 Å². The predicted octanol–water partition coefficient (Wildman–Crippen LogP) is 3.04. The molecule has 1 aromatic heterocycles. The fraction of sp³-hybridized carbons (Fsp3) is 0.294. The van der Waals surface area contributed by atoms with Crippen LogP contribution < -0.4 is 10.6 Å². The minimum atomic E-state index is -0.157. The Hall–Kier alpha value is -2.18. The second kappa shape index (κ2) is 9.07. The monoisotopic (exact) mass is 332 g/mol. The Bertz CT molecular complexity index is 641. The molecule has 0 spiro atoms. The van der Waals surface area contributed by atoms with E-state index in [0.717, 1.165) is 11.3 Å². The first-order valence-corrected chi connectivity index (χ1v) is 8.41. The van der Waals surface area contributed by atoms with Crippen LogP contribution in [0.25, 0.3) is 0 Å². The maximum absolute atomic E-state index is 12.0. The molecular weight excluding hydrogens is 312 g/mol. The normalized spacial score (nSPS) is 10.3. The van der Waals surface area contributed by atoms with Crippen LogP contribution >= 0.6 is 11.3 Å². The van der Waals surface area contributed by atoms with E-state index in [4.69, 9.17) is 4.74 Å². The molecule has 0 aliphatic rings. The zero-order valence-corrected chi connectivity index (χ0v) is 13.8. The zero-order valence-electron chi connectivity index (χ0n) is 13.0. The summed E-state index contributed by atoms with van der Waals surface area (Å²) in [5.41, 5.74) is 2.30. The molecule has 6 heteroatoms. The largest absolute Gasteiger partial charge is 0.377 e. The predicted molar refractivity (Wildman–Crippen MR) is 91.7 cm³/mol. The van der Waals surface area contributed by atoms with Gasteiger partial charge in [-0.3, -0.25) is 9.59 Å². The van der Waals surface area contributed by atoms with Crippen molar-refractivity contribution in [1.82, 2.24) is 5.32 Å². The second-order valence-electron chi connectivity index (χ2n) is 4.86. The summed E-state index contributed by atoms with van der Waals surface area (Å²) >= 11 is 1.47. The van der Waals surface area contributed by atoms with Gasteiger partial charge in [0.1, 0.15) is 0 Å². The molecule has 2 N–H and O–H groups in total. The number of hydrogen-bond acceptors (Lipinski definition) is 4. The lowest BCUT2D eigenvalue weighted by atomic mass is 10.2. The highest BCUT2D eigenvalue weighted by molar-refractivity contribution is 7.08. The summed E-state index contributed by atoms with van der Waals surface area (Å²) in [6.45, 7) is 3.31. The van der Waals surface area contributed by atoms with Crippen LogP contribution in [0, 0.1) is 0 Å². The minimum Gasteiger partial charge on any atom is -0.377 e. The van der Waals surface area contributed by atoms with E-state index >= 15 is 0 Å². The van der Waals surface area contributed by atoms with Gasteiger partial charge in [-0.15, -0.1) is 0 Å².